The minimum absolute atomic E-state index is 0.123. The molecule has 0 amide bonds. The van der Waals surface area contributed by atoms with E-state index < -0.39 is 10.8 Å². The van der Waals surface area contributed by atoms with Crippen molar-refractivity contribution in [1.82, 2.24) is 9.36 Å². The van der Waals surface area contributed by atoms with E-state index in [9.17, 15) is 4.21 Å². The molecule has 1 heterocycles. The van der Waals surface area contributed by atoms with Gasteiger partial charge in [-0.1, -0.05) is 0 Å². The molecule has 5 nitrogen and oxygen atoms in total. The van der Waals surface area contributed by atoms with Gasteiger partial charge in [0, 0.05) is 40.4 Å². The molecule has 7 heteroatoms. The molecule has 2 atom stereocenters. The molecule has 1 aromatic rings. The Morgan fingerprint density at radius 1 is 1.77 bits per heavy atom. The number of nitrogens with two attached hydrogens (primary N) is 1. The second kappa shape index (κ2) is 4.52. The van der Waals surface area contributed by atoms with Gasteiger partial charge in [-0.15, -0.1) is 0 Å². The van der Waals surface area contributed by atoms with Crippen LogP contribution in [0.3, 0.4) is 0 Å². The number of hydrogen-bond donors (Lipinski definition) is 2. The summed E-state index contributed by atoms with van der Waals surface area (Å²) in [5.74, 6) is 0.872. The van der Waals surface area contributed by atoms with E-state index in [1.165, 1.54) is 11.5 Å². The molecule has 13 heavy (non-hydrogen) atoms. The van der Waals surface area contributed by atoms with Gasteiger partial charge in [-0.05, 0) is 6.92 Å². The van der Waals surface area contributed by atoms with E-state index in [1.807, 2.05) is 6.92 Å². The van der Waals surface area contributed by atoms with Crippen LogP contribution in [0, 0.1) is 0 Å². The molecule has 0 aliphatic heterocycles. The number of rotatable bonds is 4. The van der Waals surface area contributed by atoms with Crippen LogP contribution in [0.25, 0.3) is 0 Å². The predicted octanol–water partition coefficient (Wildman–Crippen LogP) is 0.299. The van der Waals surface area contributed by atoms with E-state index in [4.69, 9.17) is 5.73 Å². The molecule has 0 saturated heterocycles. The Bertz CT molecular complexity index is 301. The van der Waals surface area contributed by atoms with Crippen molar-refractivity contribution in [2.24, 2.45) is 0 Å². The van der Waals surface area contributed by atoms with Gasteiger partial charge in [-0.25, -0.2) is 0 Å². The van der Waals surface area contributed by atoms with Crippen LogP contribution in [0.15, 0.2) is 0 Å². The lowest BCUT2D eigenvalue weighted by Gasteiger charge is -2.09. The van der Waals surface area contributed by atoms with Gasteiger partial charge in [-0.2, -0.15) is 9.36 Å². The summed E-state index contributed by atoms with van der Waals surface area (Å²) in [4.78, 5) is 3.93. The molecule has 1 rings (SSSR count). The molecule has 0 spiro atoms. The van der Waals surface area contributed by atoms with Crippen molar-refractivity contribution in [3.8, 4) is 0 Å². The van der Waals surface area contributed by atoms with Gasteiger partial charge in [0.15, 0.2) is 0 Å². The quantitative estimate of drug-likeness (QED) is 0.762. The number of aromatic nitrogens is 2. The monoisotopic (exact) mass is 220 g/mol. The Kier molecular flexibility index (Phi) is 3.61. The molecular formula is C6H12N4OS2. The first kappa shape index (κ1) is 10.4. The summed E-state index contributed by atoms with van der Waals surface area (Å²) in [6.45, 7) is 1.94. The van der Waals surface area contributed by atoms with Crippen molar-refractivity contribution in [3.05, 3.63) is 0 Å². The average molecular weight is 220 g/mol. The number of nitrogens with zero attached hydrogens (tertiary/aromatic N) is 2. The molecule has 74 valence electrons. The highest BCUT2D eigenvalue weighted by molar-refractivity contribution is 7.84. The third-order valence-corrected chi connectivity index (χ3v) is 2.93. The highest BCUT2D eigenvalue weighted by atomic mass is 32.2. The Morgan fingerprint density at radius 2 is 2.46 bits per heavy atom. The molecule has 2 unspecified atom stereocenters. The lowest BCUT2D eigenvalue weighted by molar-refractivity contribution is 0.683. The van der Waals surface area contributed by atoms with E-state index in [-0.39, 0.29) is 12.0 Å². The van der Waals surface area contributed by atoms with Crippen LogP contribution in [0.5, 0.6) is 0 Å². The second-order valence-corrected chi connectivity index (χ2v) is 4.97. The van der Waals surface area contributed by atoms with Gasteiger partial charge in [-0.3, -0.25) is 4.21 Å². The number of nitrogens with one attached hydrogen (secondary N) is 1. The van der Waals surface area contributed by atoms with Crippen LogP contribution in [0.2, 0.25) is 0 Å². The first-order valence-electron chi connectivity index (χ1n) is 3.73. The van der Waals surface area contributed by atoms with Gasteiger partial charge in [0.25, 0.3) is 0 Å². The summed E-state index contributed by atoms with van der Waals surface area (Å²) < 4.78 is 14.7. The van der Waals surface area contributed by atoms with Crippen molar-refractivity contribution in [2.75, 3.05) is 23.1 Å². The summed E-state index contributed by atoms with van der Waals surface area (Å²) >= 11 is 1.21. The number of anilines is 2. The van der Waals surface area contributed by atoms with Gasteiger partial charge in [0.2, 0.25) is 11.1 Å². The fraction of sp³-hybridized carbons (Fsp3) is 0.667. The predicted molar refractivity (Wildman–Crippen MR) is 56.3 cm³/mol. The van der Waals surface area contributed by atoms with Crippen LogP contribution in [0.1, 0.15) is 6.92 Å². The van der Waals surface area contributed by atoms with E-state index in [2.05, 4.69) is 14.7 Å². The lowest BCUT2D eigenvalue weighted by Crippen LogP contribution is -2.22. The molecule has 0 aliphatic rings. The van der Waals surface area contributed by atoms with Crippen molar-refractivity contribution in [3.63, 3.8) is 0 Å². The Balaban J connectivity index is 2.44. The Hall–Kier alpha value is -0.690. The fourth-order valence-electron chi connectivity index (χ4n) is 0.898. The summed E-state index contributed by atoms with van der Waals surface area (Å²) in [5.41, 5.74) is 5.34. The standard InChI is InChI=1S/C6H12N4OS2/c1-4(3-13(2)11)8-6-9-5(7)10-12-6/h4H,3H2,1-2H3,(H3,7,8,9,10). The van der Waals surface area contributed by atoms with Crippen molar-refractivity contribution < 1.29 is 4.21 Å². The molecule has 1 aromatic heterocycles. The van der Waals surface area contributed by atoms with E-state index in [0.29, 0.717) is 10.9 Å². The molecular weight excluding hydrogens is 208 g/mol. The van der Waals surface area contributed by atoms with Crippen LogP contribution in [0.4, 0.5) is 11.1 Å². The van der Waals surface area contributed by atoms with Gasteiger partial charge in [0.1, 0.15) is 0 Å². The van der Waals surface area contributed by atoms with Crippen molar-refractivity contribution in [1.29, 1.82) is 0 Å². The SMILES string of the molecule is CC(CS(C)=O)Nc1nc(N)ns1. The van der Waals surface area contributed by atoms with Crippen molar-refractivity contribution >= 4 is 33.4 Å². The average Bonchev–Trinajstić information content (AvgIpc) is 2.33. The Labute approximate surface area is 83.4 Å². The zero-order chi connectivity index (χ0) is 9.84. The number of hydrogen-bond acceptors (Lipinski definition) is 6. The largest absolute Gasteiger partial charge is 0.367 e. The smallest absolute Gasteiger partial charge is 0.233 e. The molecule has 0 bridgehead atoms. The maximum absolute atomic E-state index is 10.9. The lowest BCUT2D eigenvalue weighted by atomic mass is 10.4. The van der Waals surface area contributed by atoms with E-state index in [0.717, 1.165) is 0 Å². The molecule has 0 fully saturated rings. The van der Waals surface area contributed by atoms with E-state index >= 15 is 0 Å². The molecule has 3 N–H and O–H groups in total. The van der Waals surface area contributed by atoms with Crippen molar-refractivity contribution in [2.45, 2.75) is 13.0 Å². The third kappa shape index (κ3) is 3.69. The second-order valence-electron chi connectivity index (χ2n) is 2.74. The third-order valence-electron chi connectivity index (χ3n) is 1.30. The highest BCUT2D eigenvalue weighted by Gasteiger charge is 2.06. The van der Waals surface area contributed by atoms with Crippen LogP contribution >= 0.6 is 11.5 Å². The van der Waals surface area contributed by atoms with Crippen LogP contribution in [-0.2, 0) is 10.8 Å². The van der Waals surface area contributed by atoms with Gasteiger partial charge < -0.3 is 11.1 Å². The minimum Gasteiger partial charge on any atom is -0.367 e. The maximum Gasteiger partial charge on any atom is 0.233 e. The highest BCUT2D eigenvalue weighted by Crippen LogP contribution is 2.12. The van der Waals surface area contributed by atoms with Gasteiger partial charge in [0.05, 0.1) is 0 Å². The molecule has 0 radical (unpaired) electrons. The van der Waals surface area contributed by atoms with Crippen LogP contribution in [-0.4, -0.2) is 31.6 Å². The first-order chi connectivity index (χ1) is 6.08. The summed E-state index contributed by atoms with van der Waals surface area (Å²) in [5, 5.41) is 3.74. The minimum atomic E-state index is -0.800. The first-order valence-corrected chi connectivity index (χ1v) is 6.23. The zero-order valence-electron chi connectivity index (χ0n) is 7.48. The maximum atomic E-state index is 10.9. The van der Waals surface area contributed by atoms with Gasteiger partial charge >= 0.3 is 0 Å². The summed E-state index contributed by atoms with van der Waals surface area (Å²) in [6.07, 6.45) is 1.67. The Morgan fingerprint density at radius 3 is 2.92 bits per heavy atom. The molecule has 0 saturated carbocycles. The molecule has 0 aromatic carbocycles. The van der Waals surface area contributed by atoms with E-state index in [1.54, 1.807) is 6.26 Å². The molecule has 0 aliphatic carbocycles. The zero-order valence-corrected chi connectivity index (χ0v) is 9.11. The van der Waals surface area contributed by atoms with Crippen LogP contribution < -0.4 is 11.1 Å². The summed E-state index contributed by atoms with van der Waals surface area (Å²) in [7, 11) is -0.800. The summed E-state index contributed by atoms with van der Waals surface area (Å²) in [6, 6.07) is 0.123. The number of nitrogen functional groups attached to an aromatic ring is 1. The topological polar surface area (TPSA) is 80.9 Å². The fourth-order valence-corrected chi connectivity index (χ4v) is 2.29. The normalized spacial score (nSPS) is 15.2.